The number of para-hydroxylation sites is 2. The van der Waals surface area contributed by atoms with Gasteiger partial charge in [0, 0.05) is 33.5 Å². The highest BCUT2D eigenvalue weighted by atomic mass is 15.1. The highest BCUT2D eigenvalue weighted by molar-refractivity contribution is 6.22. The van der Waals surface area contributed by atoms with Gasteiger partial charge in [-0.1, -0.05) is 200 Å². The summed E-state index contributed by atoms with van der Waals surface area (Å²) >= 11 is 0. The normalized spacial score (nSPS) is 11.3. The van der Waals surface area contributed by atoms with Crippen LogP contribution in [0.1, 0.15) is 0 Å². The standard InChI is InChI=1S/C64H44N2/c1-5-21-48(22-6-1)63-58-42-40-54(66(52-29-11-4-12-30-52)62-34-18-26-47-20-14-16-32-56(47)62)44-60(58)64(49-23-7-2-8-24-49)57-41-37-50(43-59(57)63)45-35-38-53(39-36-45)65(51-27-9-3-10-28-51)61-33-17-25-46-19-13-15-31-55(46)61/h1-44H. The third-order valence-electron chi connectivity index (χ3n) is 13.0. The number of fused-ring (bicyclic) bond motifs is 4. The van der Waals surface area contributed by atoms with Crippen LogP contribution in [0.15, 0.2) is 267 Å². The lowest BCUT2D eigenvalue weighted by molar-refractivity contribution is 1.30. The van der Waals surface area contributed by atoms with Gasteiger partial charge < -0.3 is 9.80 Å². The molecule has 0 bridgehead atoms. The molecule has 0 amide bonds. The fourth-order valence-electron chi connectivity index (χ4n) is 9.98. The summed E-state index contributed by atoms with van der Waals surface area (Å²) in [4.78, 5) is 4.78. The molecule has 0 radical (unpaired) electrons. The highest BCUT2D eigenvalue weighted by Gasteiger charge is 2.22. The van der Waals surface area contributed by atoms with Crippen molar-refractivity contribution >= 4 is 77.2 Å². The molecular weight excluding hydrogens is 797 g/mol. The Morgan fingerprint density at radius 3 is 1.11 bits per heavy atom. The molecule has 0 aliphatic heterocycles. The first-order chi connectivity index (χ1) is 32.8. The fraction of sp³-hybridized carbons (Fsp3) is 0. The van der Waals surface area contributed by atoms with Crippen LogP contribution in [-0.2, 0) is 0 Å². The van der Waals surface area contributed by atoms with Gasteiger partial charge in [0.1, 0.15) is 0 Å². The van der Waals surface area contributed by atoms with Crippen LogP contribution < -0.4 is 9.80 Å². The van der Waals surface area contributed by atoms with Crippen LogP contribution in [0.4, 0.5) is 34.1 Å². The van der Waals surface area contributed by atoms with E-state index in [-0.39, 0.29) is 0 Å². The Morgan fingerprint density at radius 2 is 0.576 bits per heavy atom. The molecular formula is C64H44N2. The molecule has 2 nitrogen and oxygen atoms in total. The quantitative estimate of drug-likeness (QED) is 0.134. The molecule has 0 aliphatic carbocycles. The summed E-state index contributed by atoms with van der Waals surface area (Å²) in [5.41, 5.74) is 13.9. The summed E-state index contributed by atoms with van der Waals surface area (Å²) in [6, 6.07) is 97.0. The van der Waals surface area contributed by atoms with Crippen molar-refractivity contribution in [2.75, 3.05) is 9.80 Å². The van der Waals surface area contributed by atoms with Crippen molar-refractivity contribution in [3.8, 4) is 33.4 Å². The summed E-state index contributed by atoms with van der Waals surface area (Å²) in [6.07, 6.45) is 0. The molecule has 310 valence electrons. The topological polar surface area (TPSA) is 6.48 Å². The van der Waals surface area contributed by atoms with Crippen molar-refractivity contribution in [1.29, 1.82) is 0 Å². The van der Waals surface area contributed by atoms with Gasteiger partial charge in [-0.3, -0.25) is 0 Å². The molecule has 12 rings (SSSR count). The van der Waals surface area contributed by atoms with E-state index in [0.29, 0.717) is 0 Å². The predicted molar refractivity (Wildman–Crippen MR) is 282 cm³/mol. The molecule has 0 spiro atoms. The smallest absolute Gasteiger partial charge is 0.0540 e. The Labute approximate surface area is 385 Å². The van der Waals surface area contributed by atoms with E-state index in [4.69, 9.17) is 0 Å². The summed E-state index contributed by atoms with van der Waals surface area (Å²) in [7, 11) is 0. The molecule has 0 atom stereocenters. The van der Waals surface area contributed by atoms with Crippen LogP contribution >= 0.6 is 0 Å². The van der Waals surface area contributed by atoms with Crippen LogP contribution in [0, 0.1) is 0 Å². The molecule has 0 aromatic heterocycles. The van der Waals surface area contributed by atoms with E-state index in [0.717, 1.165) is 39.7 Å². The third-order valence-corrected chi connectivity index (χ3v) is 13.0. The minimum absolute atomic E-state index is 1.10. The zero-order valence-electron chi connectivity index (χ0n) is 36.3. The van der Waals surface area contributed by atoms with Crippen molar-refractivity contribution in [2.45, 2.75) is 0 Å². The van der Waals surface area contributed by atoms with Gasteiger partial charge in [0.15, 0.2) is 0 Å². The zero-order chi connectivity index (χ0) is 43.8. The van der Waals surface area contributed by atoms with E-state index in [1.165, 1.54) is 70.9 Å². The Bertz CT molecular complexity index is 3670. The summed E-state index contributed by atoms with van der Waals surface area (Å²) in [6.45, 7) is 0. The molecule has 0 saturated carbocycles. The molecule has 0 N–H and O–H groups in total. The van der Waals surface area contributed by atoms with E-state index < -0.39 is 0 Å². The Balaban J connectivity index is 1.06. The van der Waals surface area contributed by atoms with Crippen LogP contribution in [0.2, 0.25) is 0 Å². The van der Waals surface area contributed by atoms with Gasteiger partial charge in [0.2, 0.25) is 0 Å². The van der Waals surface area contributed by atoms with Crippen LogP contribution in [0.5, 0.6) is 0 Å². The lowest BCUT2D eigenvalue weighted by Gasteiger charge is -2.28. The summed E-state index contributed by atoms with van der Waals surface area (Å²) < 4.78 is 0. The highest BCUT2D eigenvalue weighted by Crippen LogP contribution is 2.48. The monoisotopic (exact) mass is 840 g/mol. The van der Waals surface area contributed by atoms with Gasteiger partial charge in [-0.15, -0.1) is 0 Å². The average Bonchev–Trinajstić information content (AvgIpc) is 3.39. The zero-order valence-corrected chi connectivity index (χ0v) is 36.3. The van der Waals surface area contributed by atoms with Gasteiger partial charge in [-0.25, -0.2) is 0 Å². The summed E-state index contributed by atoms with van der Waals surface area (Å²) in [5.74, 6) is 0. The maximum atomic E-state index is 2.42. The van der Waals surface area contributed by atoms with E-state index in [1.807, 2.05) is 0 Å². The van der Waals surface area contributed by atoms with Crippen LogP contribution in [0.3, 0.4) is 0 Å². The first-order valence-electron chi connectivity index (χ1n) is 22.7. The van der Waals surface area contributed by atoms with E-state index in [9.17, 15) is 0 Å². The lowest BCUT2D eigenvalue weighted by atomic mass is 9.84. The van der Waals surface area contributed by atoms with Crippen molar-refractivity contribution < 1.29 is 0 Å². The second kappa shape index (κ2) is 16.8. The van der Waals surface area contributed by atoms with Crippen LogP contribution in [-0.4, -0.2) is 0 Å². The van der Waals surface area contributed by atoms with Crippen molar-refractivity contribution in [3.05, 3.63) is 267 Å². The second-order valence-electron chi connectivity index (χ2n) is 16.9. The van der Waals surface area contributed by atoms with Gasteiger partial charge >= 0.3 is 0 Å². The number of hydrogen-bond donors (Lipinski definition) is 0. The molecule has 0 heterocycles. The number of rotatable bonds is 9. The minimum atomic E-state index is 1.10. The molecule has 0 unspecified atom stereocenters. The first kappa shape index (κ1) is 38.9. The Hall–Kier alpha value is -8.72. The average molecular weight is 841 g/mol. The maximum absolute atomic E-state index is 2.42. The maximum Gasteiger partial charge on any atom is 0.0540 e. The van der Waals surface area contributed by atoms with E-state index in [2.05, 4.69) is 277 Å². The lowest BCUT2D eigenvalue weighted by Crippen LogP contribution is -2.10. The predicted octanol–water partition coefficient (Wildman–Crippen LogP) is 18.2. The number of nitrogens with zero attached hydrogens (tertiary/aromatic N) is 2. The minimum Gasteiger partial charge on any atom is -0.310 e. The van der Waals surface area contributed by atoms with Crippen molar-refractivity contribution in [1.82, 2.24) is 0 Å². The largest absolute Gasteiger partial charge is 0.310 e. The molecule has 12 aromatic rings. The van der Waals surface area contributed by atoms with Crippen molar-refractivity contribution in [2.24, 2.45) is 0 Å². The third kappa shape index (κ3) is 6.93. The molecule has 0 aliphatic rings. The van der Waals surface area contributed by atoms with E-state index >= 15 is 0 Å². The van der Waals surface area contributed by atoms with Gasteiger partial charge in [0.25, 0.3) is 0 Å². The molecule has 0 fully saturated rings. The number of benzene rings is 12. The fourth-order valence-corrected chi connectivity index (χ4v) is 9.98. The second-order valence-corrected chi connectivity index (χ2v) is 16.9. The molecule has 12 aromatic carbocycles. The van der Waals surface area contributed by atoms with Gasteiger partial charge in [-0.05, 0) is 132 Å². The van der Waals surface area contributed by atoms with Gasteiger partial charge in [-0.2, -0.15) is 0 Å². The first-order valence-corrected chi connectivity index (χ1v) is 22.7. The molecule has 0 saturated heterocycles. The number of anilines is 6. The molecule has 66 heavy (non-hydrogen) atoms. The summed E-state index contributed by atoms with van der Waals surface area (Å²) in [5, 5.41) is 9.70. The van der Waals surface area contributed by atoms with Crippen molar-refractivity contribution in [3.63, 3.8) is 0 Å². The SMILES string of the molecule is c1ccc(-c2c3ccc(N(c4ccccc4)c4cccc5ccccc45)cc3c(-c3ccccc3)c3ccc(-c4ccc(N(c5ccccc5)c5cccc6ccccc56)cc4)cc23)cc1. The Kier molecular flexibility index (Phi) is 9.89. The van der Waals surface area contributed by atoms with E-state index in [1.54, 1.807) is 0 Å². The van der Waals surface area contributed by atoms with Crippen LogP contribution in [0.25, 0.3) is 76.5 Å². The molecule has 2 heteroatoms. The van der Waals surface area contributed by atoms with Gasteiger partial charge in [0.05, 0.1) is 11.4 Å². The number of hydrogen-bond acceptors (Lipinski definition) is 2. The Morgan fingerprint density at radius 1 is 0.197 bits per heavy atom.